The molecular formula is C21H36IN3O3. The third-order valence-corrected chi connectivity index (χ3v) is 5.10. The molecule has 2 rings (SSSR count). The number of methoxy groups -OCH3 is 2. The first-order valence-electron chi connectivity index (χ1n) is 9.92. The van der Waals surface area contributed by atoms with Gasteiger partial charge in [0.2, 0.25) is 0 Å². The van der Waals surface area contributed by atoms with Crippen molar-refractivity contribution in [2.75, 3.05) is 40.5 Å². The Morgan fingerprint density at radius 2 is 1.96 bits per heavy atom. The number of halogens is 1. The summed E-state index contributed by atoms with van der Waals surface area (Å²) in [5.41, 5.74) is 0.321. The van der Waals surface area contributed by atoms with Crippen LogP contribution in [0.4, 0.5) is 0 Å². The largest absolute Gasteiger partial charge is 0.497 e. The predicted octanol–water partition coefficient (Wildman–Crippen LogP) is 3.84. The van der Waals surface area contributed by atoms with Crippen LogP contribution in [0.5, 0.6) is 11.5 Å². The number of aliphatic imine (C=N–C) groups is 1. The Morgan fingerprint density at radius 1 is 1.21 bits per heavy atom. The lowest BCUT2D eigenvalue weighted by Crippen LogP contribution is -2.43. The van der Waals surface area contributed by atoms with Crippen LogP contribution in [-0.2, 0) is 4.74 Å². The summed E-state index contributed by atoms with van der Waals surface area (Å²) in [6, 6.07) is 7.67. The molecule has 160 valence electrons. The summed E-state index contributed by atoms with van der Waals surface area (Å²) >= 11 is 0. The van der Waals surface area contributed by atoms with Gasteiger partial charge in [0.1, 0.15) is 17.6 Å². The average Bonchev–Trinajstić information content (AvgIpc) is 2.65. The molecule has 28 heavy (non-hydrogen) atoms. The minimum absolute atomic E-state index is 0. The van der Waals surface area contributed by atoms with E-state index in [1.165, 1.54) is 19.3 Å². The predicted molar refractivity (Wildman–Crippen MR) is 125 cm³/mol. The van der Waals surface area contributed by atoms with Crippen LogP contribution in [0, 0.1) is 5.41 Å². The smallest absolute Gasteiger partial charge is 0.191 e. The maximum atomic E-state index is 5.97. The van der Waals surface area contributed by atoms with Crippen LogP contribution in [0.1, 0.15) is 39.5 Å². The SMILES string of the molecule is CCNC(=NCC1(CCOC)CCC1)NCC(C)Oc1cccc(OC)c1.I. The van der Waals surface area contributed by atoms with E-state index in [1.54, 1.807) is 14.2 Å². The number of guanidine groups is 1. The van der Waals surface area contributed by atoms with Gasteiger partial charge in [-0.25, -0.2) is 0 Å². The van der Waals surface area contributed by atoms with Crippen molar-refractivity contribution in [3.05, 3.63) is 24.3 Å². The van der Waals surface area contributed by atoms with Crippen molar-refractivity contribution < 1.29 is 14.2 Å². The third kappa shape index (κ3) is 8.03. The molecule has 1 aliphatic carbocycles. The highest BCUT2D eigenvalue weighted by Gasteiger charge is 2.36. The van der Waals surface area contributed by atoms with E-state index >= 15 is 0 Å². The van der Waals surface area contributed by atoms with Crippen LogP contribution in [0.15, 0.2) is 29.3 Å². The van der Waals surface area contributed by atoms with E-state index in [0.717, 1.165) is 43.6 Å². The topological polar surface area (TPSA) is 64.1 Å². The van der Waals surface area contributed by atoms with Gasteiger partial charge >= 0.3 is 0 Å². The molecule has 0 heterocycles. The van der Waals surface area contributed by atoms with Crippen LogP contribution in [0.3, 0.4) is 0 Å². The fraction of sp³-hybridized carbons (Fsp3) is 0.667. The Morgan fingerprint density at radius 3 is 2.57 bits per heavy atom. The highest BCUT2D eigenvalue weighted by atomic mass is 127. The van der Waals surface area contributed by atoms with E-state index in [2.05, 4.69) is 17.6 Å². The molecule has 0 spiro atoms. The molecule has 1 aromatic rings. The van der Waals surface area contributed by atoms with Crippen molar-refractivity contribution in [2.45, 2.75) is 45.6 Å². The Kier molecular flexibility index (Phi) is 11.6. The van der Waals surface area contributed by atoms with Crippen molar-refractivity contribution in [1.29, 1.82) is 0 Å². The fourth-order valence-electron chi connectivity index (χ4n) is 3.26. The van der Waals surface area contributed by atoms with Crippen molar-refractivity contribution in [2.24, 2.45) is 10.4 Å². The van der Waals surface area contributed by atoms with Crippen LogP contribution >= 0.6 is 24.0 Å². The molecule has 1 unspecified atom stereocenters. The van der Waals surface area contributed by atoms with E-state index in [9.17, 15) is 0 Å². The number of ether oxygens (including phenoxy) is 3. The molecule has 1 atom stereocenters. The van der Waals surface area contributed by atoms with Crippen molar-refractivity contribution in [1.82, 2.24) is 10.6 Å². The van der Waals surface area contributed by atoms with Gasteiger partial charge in [0.05, 0.1) is 13.7 Å². The molecule has 0 radical (unpaired) electrons. The van der Waals surface area contributed by atoms with Crippen molar-refractivity contribution >= 4 is 29.9 Å². The first-order chi connectivity index (χ1) is 13.1. The Bertz CT molecular complexity index is 594. The molecule has 1 saturated carbocycles. The zero-order valence-corrected chi connectivity index (χ0v) is 20.0. The number of hydrogen-bond donors (Lipinski definition) is 2. The average molecular weight is 505 g/mol. The molecule has 1 fully saturated rings. The highest BCUT2D eigenvalue weighted by molar-refractivity contribution is 14.0. The maximum Gasteiger partial charge on any atom is 0.191 e. The molecule has 0 saturated heterocycles. The van der Waals surface area contributed by atoms with Crippen LogP contribution in [0.2, 0.25) is 0 Å². The van der Waals surface area contributed by atoms with Gasteiger partial charge in [0, 0.05) is 32.9 Å². The molecule has 6 nitrogen and oxygen atoms in total. The summed E-state index contributed by atoms with van der Waals surface area (Å²) < 4.78 is 16.5. The third-order valence-electron chi connectivity index (χ3n) is 5.10. The van der Waals surface area contributed by atoms with Crippen molar-refractivity contribution in [3.8, 4) is 11.5 Å². The fourth-order valence-corrected chi connectivity index (χ4v) is 3.26. The molecule has 1 aliphatic rings. The van der Waals surface area contributed by atoms with Gasteiger partial charge in [-0.2, -0.15) is 0 Å². The standard InChI is InChI=1S/C21H35N3O3.HI/c1-5-22-20(24-16-21(10-7-11-21)12-13-25-3)23-15-17(2)27-19-9-6-8-18(14-19)26-4;/h6,8-9,14,17H,5,7,10-13,15-16H2,1-4H3,(H2,22,23,24);1H. The quantitative estimate of drug-likeness (QED) is 0.272. The molecule has 2 N–H and O–H groups in total. The van der Waals surface area contributed by atoms with E-state index in [4.69, 9.17) is 19.2 Å². The van der Waals surface area contributed by atoms with Gasteiger partial charge in [-0.05, 0) is 50.7 Å². The van der Waals surface area contributed by atoms with E-state index in [1.807, 2.05) is 31.2 Å². The lowest BCUT2D eigenvalue weighted by molar-refractivity contribution is 0.0778. The summed E-state index contributed by atoms with van der Waals surface area (Å²) in [7, 11) is 3.43. The molecule has 0 bridgehead atoms. The molecule has 1 aromatic carbocycles. The van der Waals surface area contributed by atoms with Gasteiger partial charge in [0.25, 0.3) is 0 Å². The minimum Gasteiger partial charge on any atom is -0.497 e. The summed E-state index contributed by atoms with van der Waals surface area (Å²) in [6.07, 6.45) is 4.88. The van der Waals surface area contributed by atoms with Gasteiger partial charge in [-0.1, -0.05) is 12.5 Å². The number of nitrogens with zero attached hydrogens (tertiary/aromatic N) is 1. The summed E-state index contributed by atoms with van der Waals surface area (Å²) in [6.45, 7) is 7.29. The molecule has 7 heteroatoms. The first-order valence-corrected chi connectivity index (χ1v) is 9.92. The normalized spacial score (nSPS) is 16.4. The second-order valence-corrected chi connectivity index (χ2v) is 7.28. The number of rotatable bonds is 11. The summed E-state index contributed by atoms with van der Waals surface area (Å²) in [4.78, 5) is 4.83. The van der Waals surface area contributed by atoms with Gasteiger partial charge in [-0.3, -0.25) is 4.99 Å². The van der Waals surface area contributed by atoms with E-state index in [-0.39, 0.29) is 30.1 Å². The Balaban J connectivity index is 0.00000392. The number of nitrogens with one attached hydrogen (secondary N) is 2. The minimum atomic E-state index is 0. The first kappa shape index (κ1) is 24.8. The zero-order chi connectivity index (χ0) is 19.5. The van der Waals surface area contributed by atoms with E-state index < -0.39 is 0 Å². The monoisotopic (exact) mass is 505 g/mol. The second-order valence-electron chi connectivity index (χ2n) is 7.28. The van der Waals surface area contributed by atoms with Crippen molar-refractivity contribution in [3.63, 3.8) is 0 Å². The molecular weight excluding hydrogens is 469 g/mol. The van der Waals surface area contributed by atoms with Gasteiger partial charge in [-0.15, -0.1) is 24.0 Å². The number of benzene rings is 1. The zero-order valence-electron chi connectivity index (χ0n) is 17.6. The molecule has 0 aromatic heterocycles. The summed E-state index contributed by atoms with van der Waals surface area (Å²) in [5, 5.41) is 6.73. The van der Waals surface area contributed by atoms with Crippen LogP contribution < -0.4 is 20.1 Å². The van der Waals surface area contributed by atoms with Crippen LogP contribution in [0.25, 0.3) is 0 Å². The second kappa shape index (κ2) is 13.1. The molecule has 0 amide bonds. The molecule has 0 aliphatic heterocycles. The van der Waals surface area contributed by atoms with Crippen LogP contribution in [-0.4, -0.2) is 52.5 Å². The summed E-state index contributed by atoms with van der Waals surface area (Å²) in [5.74, 6) is 2.45. The number of hydrogen-bond acceptors (Lipinski definition) is 4. The Labute approximate surface area is 186 Å². The van der Waals surface area contributed by atoms with E-state index in [0.29, 0.717) is 12.0 Å². The van der Waals surface area contributed by atoms with Gasteiger partial charge < -0.3 is 24.8 Å². The lowest BCUT2D eigenvalue weighted by Gasteiger charge is -2.40. The maximum absolute atomic E-state index is 5.97. The lowest BCUT2D eigenvalue weighted by atomic mass is 9.67. The highest BCUT2D eigenvalue weighted by Crippen LogP contribution is 2.44. The Hall–Kier alpha value is -1.22. The van der Waals surface area contributed by atoms with Gasteiger partial charge in [0.15, 0.2) is 5.96 Å².